The number of aromatic nitrogens is 1. The number of thiazole rings is 1. The molecule has 2 N–H and O–H groups in total. The summed E-state index contributed by atoms with van der Waals surface area (Å²) in [6.45, 7) is 5.81. The Labute approximate surface area is 132 Å². The maximum Gasteiger partial charge on any atom is 0.267 e. The number of benzene rings is 1. The molecule has 0 saturated heterocycles. The van der Waals surface area contributed by atoms with E-state index in [-0.39, 0.29) is 5.91 Å². The number of nitrogens with zero attached hydrogens (tertiary/aromatic N) is 2. The molecule has 3 rings (SSSR count). The number of hydrazone groups is 1. The molecule has 7 heteroatoms. The van der Waals surface area contributed by atoms with Crippen LogP contribution in [0, 0.1) is 20.8 Å². The number of hydrogen-bond donors (Lipinski definition) is 2. The van der Waals surface area contributed by atoms with Crippen LogP contribution in [0.2, 0.25) is 0 Å². The summed E-state index contributed by atoms with van der Waals surface area (Å²) in [5.41, 5.74) is 5.32. The molecule has 1 atom stereocenters. The average molecular weight is 316 g/mol. The fourth-order valence-electron chi connectivity index (χ4n) is 2.08. The molecule has 0 bridgehead atoms. The van der Waals surface area contributed by atoms with Crippen LogP contribution in [0.1, 0.15) is 31.5 Å². The van der Waals surface area contributed by atoms with Gasteiger partial charge in [-0.05, 0) is 32.9 Å². The van der Waals surface area contributed by atoms with Crippen molar-refractivity contribution < 1.29 is 9.53 Å². The fraction of sp³-hybridized carbons (Fsp3) is 0.267. The highest BCUT2D eigenvalue weighted by Crippen LogP contribution is 2.20. The van der Waals surface area contributed by atoms with E-state index < -0.39 is 6.35 Å². The zero-order valence-electron chi connectivity index (χ0n) is 12.5. The summed E-state index contributed by atoms with van der Waals surface area (Å²) in [7, 11) is 0. The summed E-state index contributed by atoms with van der Waals surface area (Å²) < 4.78 is 5.63. The highest BCUT2D eigenvalue weighted by atomic mass is 32.1. The van der Waals surface area contributed by atoms with Gasteiger partial charge >= 0.3 is 0 Å². The molecule has 22 heavy (non-hydrogen) atoms. The maximum absolute atomic E-state index is 12.1. The van der Waals surface area contributed by atoms with Crippen molar-refractivity contribution in [1.29, 1.82) is 0 Å². The lowest BCUT2D eigenvalue weighted by atomic mass is 10.1. The number of nitrogens with one attached hydrogen (secondary N) is 2. The molecule has 1 amide bonds. The number of hydrogen-bond acceptors (Lipinski definition) is 6. The van der Waals surface area contributed by atoms with Crippen LogP contribution < -0.4 is 10.7 Å². The predicted octanol–water partition coefficient (Wildman–Crippen LogP) is 2.06. The van der Waals surface area contributed by atoms with E-state index in [0.29, 0.717) is 11.5 Å². The molecular formula is C15H16N4O2S. The molecule has 0 spiro atoms. The average Bonchev–Trinajstić information content (AvgIpc) is 3.06. The van der Waals surface area contributed by atoms with E-state index in [1.165, 1.54) is 11.3 Å². The molecule has 1 aliphatic heterocycles. The van der Waals surface area contributed by atoms with Crippen molar-refractivity contribution in [2.75, 3.05) is 0 Å². The normalized spacial score (nSPS) is 16.7. The van der Waals surface area contributed by atoms with Gasteiger partial charge in [-0.2, -0.15) is 0 Å². The third-order valence-corrected chi connectivity index (χ3v) is 4.25. The molecule has 0 aliphatic carbocycles. The Morgan fingerprint density at radius 2 is 2.00 bits per heavy atom. The number of amides is 1. The van der Waals surface area contributed by atoms with Crippen LogP contribution in [0.15, 0.2) is 29.4 Å². The Balaban J connectivity index is 1.64. The Bertz CT molecular complexity index is 737. The summed E-state index contributed by atoms with van der Waals surface area (Å²) in [4.78, 5) is 17.3. The number of rotatable bonds is 3. The lowest BCUT2D eigenvalue weighted by Crippen LogP contribution is -2.42. The first-order valence-electron chi connectivity index (χ1n) is 6.85. The van der Waals surface area contributed by atoms with Crippen LogP contribution in [0.4, 0.5) is 0 Å². The third kappa shape index (κ3) is 2.94. The molecule has 1 aromatic carbocycles. The lowest BCUT2D eigenvalue weighted by Gasteiger charge is -2.12. The van der Waals surface area contributed by atoms with E-state index in [1.54, 1.807) is 12.1 Å². The third-order valence-electron chi connectivity index (χ3n) is 3.19. The number of carbonyl (C=O) groups is 1. The highest BCUT2D eigenvalue weighted by molar-refractivity contribution is 7.13. The molecule has 114 valence electrons. The van der Waals surface area contributed by atoms with Crippen LogP contribution in [-0.4, -0.2) is 23.1 Å². The molecule has 0 unspecified atom stereocenters. The zero-order valence-corrected chi connectivity index (χ0v) is 13.3. The topological polar surface area (TPSA) is 75.6 Å². The van der Waals surface area contributed by atoms with E-state index in [1.807, 2.05) is 32.9 Å². The highest BCUT2D eigenvalue weighted by Gasteiger charge is 2.25. The minimum Gasteiger partial charge on any atom is -0.431 e. The van der Waals surface area contributed by atoms with Crippen molar-refractivity contribution in [3.05, 3.63) is 51.0 Å². The van der Waals surface area contributed by atoms with Crippen molar-refractivity contribution in [2.24, 2.45) is 5.10 Å². The Hall–Kier alpha value is -2.41. The SMILES string of the molecule is Cc1ccc(C(=O)N[C@@H]2NN=C(c3sc(C)nc3C)O2)cc1. The van der Waals surface area contributed by atoms with E-state index >= 15 is 0 Å². The largest absolute Gasteiger partial charge is 0.431 e. The van der Waals surface area contributed by atoms with Crippen LogP contribution >= 0.6 is 11.3 Å². The lowest BCUT2D eigenvalue weighted by molar-refractivity contribution is 0.0801. The van der Waals surface area contributed by atoms with Gasteiger partial charge in [-0.3, -0.25) is 15.5 Å². The van der Waals surface area contributed by atoms with Gasteiger partial charge in [-0.25, -0.2) is 4.98 Å². The van der Waals surface area contributed by atoms with Crippen molar-refractivity contribution in [3.8, 4) is 0 Å². The molecule has 2 heterocycles. The van der Waals surface area contributed by atoms with E-state index in [9.17, 15) is 4.79 Å². The van der Waals surface area contributed by atoms with Gasteiger partial charge in [-0.1, -0.05) is 17.7 Å². The first kappa shape index (κ1) is 14.5. The van der Waals surface area contributed by atoms with Gasteiger partial charge in [0.05, 0.1) is 10.7 Å². The van der Waals surface area contributed by atoms with Crippen molar-refractivity contribution >= 4 is 23.1 Å². The van der Waals surface area contributed by atoms with Gasteiger partial charge in [-0.15, -0.1) is 16.4 Å². The summed E-state index contributed by atoms with van der Waals surface area (Å²) in [5, 5.41) is 7.81. The zero-order chi connectivity index (χ0) is 15.7. The second-order valence-corrected chi connectivity index (χ2v) is 6.23. The molecule has 0 radical (unpaired) electrons. The fourth-order valence-corrected chi connectivity index (χ4v) is 2.94. The number of aryl methyl sites for hydroxylation is 3. The van der Waals surface area contributed by atoms with Gasteiger partial charge in [0.15, 0.2) is 0 Å². The van der Waals surface area contributed by atoms with Gasteiger partial charge in [0.25, 0.3) is 18.2 Å². The number of ether oxygens (including phenoxy) is 1. The summed E-state index contributed by atoms with van der Waals surface area (Å²) >= 11 is 1.51. The maximum atomic E-state index is 12.1. The molecular weight excluding hydrogens is 300 g/mol. The summed E-state index contributed by atoms with van der Waals surface area (Å²) in [6.07, 6.45) is -0.675. The summed E-state index contributed by atoms with van der Waals surface area (Å²) in [6, 6.07) is 7.34. The minimum absolute atomic E-state index is 0.217. The molecule has 6 nitrogen and oxygen atoms in total. The Morgan fingerprint density at radius 1 is 1.27 bits per heavy atom. The first-order chi connectivity index (χ1) is 10.5. The van der Waals surface area contributed by atoms with Gasteiger partial charge in [0, 0.05) is 5.56 Å². The summed E-state index contributed by atoms with van der Waals surface area (Å²) in [5.74, 6) is 0.239. The van der Waals surface area contributed by atoms with Crippen molar-refractivity contribution in [2.45, 2.75) is 27.1 Å². The minimum atomic E-state index is -0.675. The van der Waals surface area contributed by atoms with Crippen LogP contribution in [0.3, 0.4) is 0 Å². The predicted molar refractivity (Wildman–Crippen MR) is 84.8 cm³/mol. The van der Waals surface area contributed by atoms with Crippen LogP contribution in [0.5, 0.6) is 0 Å². The van der Waals surface area contributed by atoms with E-state index in [0.717, 1.165) is 21.1 Å². The van der Waals surface area contributed by atoms with Gasteiger partial charge in [0.1, 0.15) is 4.88 Å². The smallest absolute Gasteiger partial charge is 0.267 e. The monoisotopic (exact) mass is 316 g/mol. The molecule has 1 aliphatic rings. The molecule has 2 aromatic rings. The second kappa shape index (κ2) is 5.76. The molecule has 1 aromatic heterocycles. The van der Waals surface area contributed by atoms with E-state index in [4.69, 9.17) is 4.74 Å². The standard InChI is InChI=1S/C15H16N4O2S/c1-8-4-6-11(7-5-8)13(20)17-15-19-18-14(21-15)12-9(2)16-10(3)22-12/h4-7,15,19H,1-3H3,(H,17,20)/t15-/m1/s1. The van der Waals surface area contributed by atoms with Gasteiger partial charge in [0.2, 0.25) is 0 Å². The number of carbonyl (C=O) groups excluding carboxylic acids is 1. The Morgan fingerprint density at radius 3 is 2.64 bits per heavy atom. The van der Waals surface area contributed by atoms with Crippen LogP contribution in [-0.2, 0) is 4.74 Å². The van der Waals surface area contributed by atoms with Crippen molar-refractivity contribution in [1.82, 2.24) is 15.7 Å². The van der Waals surface area contributed by atoms with Gasteiger partial charge < -0.3 is 4.74 Å². The second-order valence-electron chi connectivity index (χ2n) is 5.03. The molecule has 0 fully saturated rings. The van der Waals surface area contributed by atoms with E-state index in [2.05, 4.69) is 20.8 Å². The first-order valence-corrected chi connectivity index (χ1v) is 7.66. The quantitative estimate of drug-likeness (QED) is 0.909. The molecule has 0 saturated carbocycles. The Kier molecular flexibility index (Phi) is 3.81. The van der Waals surface area contributed by atoms with Crippen molar-refractivity contribution in [3.63, 3.8) is 0 Å². The van der Waals surface area contributed by atoms with Crippen LogP contribution in [0.25, 0.3) is 0 Å².